The second-order valence-corrected chi connectivity index (χ2v) is 9.40. The quantitative estimate of drug-likeness (QED) is 0.224. The number of halogens is 2. The van der Waals surface area contributed by atoms with Gasteiger partial charge >= 0.3 is 23.7 Å². The summed E-state index contributed by atoms with van der Waals surface area (Å²) in [5, 5.41) is 15.2. The fourth-order valence-electron chi connectivity index (χ4n) is 4.04. The fourth-order valence-corrected chi connectivity index (χ4v) is 4.04. The molecule has 12 nitrogen and oxygen atoms in total. The monoisotopic (exact) mass is 580 g/mol. The van der Waals surface area contributed by atoms with E-state index in [1.54, 1.807) is 24.3 Å². The van der Waals surface area contributed by atoms with Crippen molar-refractivity contribution in [2.75, 3.05) is 23.8 Å². The molecule has 0 radical (unpaired) electrons. The van der Waals surface area contributed by atoms with E-state index < -0.39 is 48.7 Å². The number of ether oxygens (including phenoxy) is 3. The van der Waals surface area contributed by atoms with Gasteiger partial charge in [0.15, 0.2) is 6.10 Å². The lowest BCUT2D eigenvalue weighted by atomic mass is 10.1. The van der Waals surface area contributed by atoms with Crippen LogP contribution < -0.4 is 16.3 Å². The van der Waals surface area contributed by atoms with Gasteiger partial charge in [0.2, 0.25) is 12.1 Å². The van der Waals surface area contributed by atoms with Crippen LogP contribution in [0.15, 0.2) is 47.4 Å². The molecule has 0 spiro atoms. The van der Waals surface area contributed by atoms with Gasteiger partial charge in [0, 0.05) is 24.7 Å². The summed E-state index contributed by atoms with van der Waals surface area (Å²) in [6, 6.07) is 9.98. The van der Waals surface area contributed by atoms with Gasteiger partial charge in [0.05, 0.1) is 6.61 Å². The van der Waals surface area contributed by atoms with Gasteiger partial charge in [-0.2, -0.15) is 8.78 Å². The molecule has 1 saturated heterocycles. The van der Waals surface area contributed by atoms with Crippen LogP contribution in [0.4, 0.5) is 25.1 Å². The number of hydrogen-bond acceptors (Lipinski definition) is 9. The zero-order valence-electron chi connectivity index (χ0n) is 22.6. The maximum Gasteiger partial charge on any atom is 0.412 e. The van der Waals surface area contributed by atoms with Gasteiger partial charge in [-0.1, -0.05) is 38.0 Å². The first kappa shape index (κ1) is 31.6. The number of aliphatic hydroxyl groups is 1. The van der Waals surface area contributed by atoms with Crippen LogP contribution in [-0.2, 0) is 23.8 Å². The van der Waals surface area contributed by atoms with Gasteiger partial charge in [-0.05, 0) is 37.5 Å². The van der Waals surface area contributed by atoms with E-state index in [1.807, 2.05) is 13.0 Å². The van der Waals surface area contributed by atoms with Crippen molar-refractivity contribution in [2.24, 2.45) is 0 Å². The van der Waals surface area contributed by atoms with E-state index in [-0.39, 0.29) is 31.2 Å². The Kier molecular flexibility index (Phi) is 11.7. The van der Waals surface area contributed by atoms with Gasteiger partial charge in [-0.3, -0.25) is 14.9 Å². The minimum atomic E-state index is -4.00. The van der Waals surface area contributed by atoms with Crippen molar-refractivity contribution in [1.82, 2.24) is 9.55 Å². The molecule has 2 heterocycles. The largest absolute Gasteiger partial charge is 0.463 e. The lowest BCUT2D eigenvalue weighted by Crippen LogP contribution is -2.42. The van der Waals surface area contributed by atoms with Crippen LogP contribution in [-0.4, -0.2) is 64.0 Å². The topological polar surface area (TPSA) is 158 Å². The Labute approximate surface area is 235 Å². The van der Waals surface area contributed by atoms with E-state index in [0.29, 0.717) is 29.5 Å². The Morgan fingerprint density at radius 3 is 2.51 bits per heavy atom. The lowest BCUT2D eigenvalue weighted by Gasteiger charge is -2.23. The molecule has 1 fully saturated rings. The molecule has 3 rings (SSSR count). The first-order valence-electron chi connectivity index (χ1n) is 13.4. The molecule has 1 aliphatic rings. The Morgan fingerprint density at radius 2 is 1.78 bits per heavy atom. The number of esters is 1. The standard InChI is InChI=1S/C27H34F2N4O8/c1-2-3-9-16-39-26(38)32-20-14-15-30-25(37)33(20)24-27(28,29)23(36)19(41-24)17-40-22(35)13-8-7-12-21(34)31-18-10-5-4-6-11-18/h4-6,10-11,14-15,19,23-24,36H,2-3,7-9,12-13,16-17H2,1H3,(H,31,34)(H,32,38)/t19-,23-,24-/m1/s1. The van der Waals surface area contributed by atoms with Gasteiger partial charge in [0.25, 0.3) is 0 Å². The molecule has 0 unspecified atom stereocenters. The highest BCUT2D eigenvalue weighted by Gasteiger charge is 2.60. The van der Waals surface area contributed by atoms with Crippen molar-refractivity contribution in [3.8, 4) is 0 Å². The molecule has 2 aromatic rings. The molecule has 41 heavy (non-hydrogen) atoms. The van der Waals surface area contributed by atoms with E-state index in [1.165, 1.54) is 0 Å². The van der Waals surface area contributed by atoms with Gasteiger partial charge in [-0.25, -0.2) is 19.1 Å². The minimum Gasteiger partial charge on any atom is -0.463 e. The van der Waals surface area contributed by atoms with Crippen molar-refractivity contribution in [2.45, 2.75) is 76.2 Å². The van der Waals surface area contributed by atoms with Crippen molar-refractivity contribution < 1.29 is 42.5 Å². The number of unbranched alkanes of at least 4 members (excludes halogenated alkanes) is 3. The molecule has 1 aliphatic heterocycles. The third-order valence-electron chi connectivity index (χ3n) is 6.21. The van der Waals surface area contributed by atoms with E-state index in [9.17, 15) is 24.3 Å². The molecule has 14 heteroatoms. The molecule has 0 saturated carbocycles. The van der Waals surface area contributed by atoms with Crippen molar-refractivity contribution in [1.29, 1.82) is 0 Å². The third-order valence-corrected chi connectivity index (χ3v) is 6.21. The number of anilines is 2. The van der Waals surface area contributed by atoms with Crippen molar-refractivity contribution >= 4 is 29.5 Å². The lowest BCUT2D eigenvalue weighted by molar-refractivity contribution is -0.150. The third kappa shape index (κ3) is 9.05. The molecule has 2 amide bonds. The van der Waals surface area contributed by atoms with Crippen LogP contribution in [0.25, 0.3) is 0 Å². The number of rotatable bonds is 14. The number of para-hydroxylation sites is 1. The highest BCUT2D eigenvalue weighted by Crippen LogP contribution is 2.43. The van der Waals surface area contributed by atoms with E-state index in [2.05, 4.69) is 15.6 Å². The molecular formula is C27H34F2N4O8. The zero-order chi connectivity index (χ0) is 29.8. The zero-order valence-corrected chi connectivity index (χ0v) is 22.6. The number of hydrogen-bond donors (Lipinski definition) is 3. The fraction of sp³-hybridized carbons (Fsp3) is 0.519. The van der Waals surface area contributed by atoms with Gasteiger partial charge in [0.1, 0.15) is 18.5 Å². The number of aliphatic hydroxyl groups excluding tert-OH is 1. The van der Waals surface area contributed by atoms with E-state index in [4.69, 9.17) is 14.2 Å². The van der Waals surface area contributed by atoms with Crippen molar-refractivity contribution in [3.05, 3.63) is 53.1 Å². The van der Waals surface area contributed by atoms with Crippen LogP contribution in [0.5, 0.6) is 0 Å². The summed E-state index contributed by atoms with van der Waals surface area (Å²) in [6.07, 6.45) is -3.29. The summed E-state index contributed by atoms with van der Waals surface area (Å²) in [5.74, 6) is -5.33. The average molecular weight is 581 g/mol. The number of aromatic nitrogens is 2. The second kappa shape index (κ2) is 15.2. The number of carbonyl (C=O) groups excluding carboxylic acids is 3. The molecule has 1 aromatic heterocycles. The number of nitrogens with one attached hydrogen (secondary N) is 2. The first-order valence-corrected chi connectivity index (χ1v) is 13.4. The smallest absolute Gasteiger partial charge is 0.412 e. The van der Waals surface area contributed by atoms with E-state index >= 15 is 8.78 Å². The first-order chi connectivity index (χ1) is 19.6. The SMILES string of the molecule is CCCCCOC(=O)Nc1ccnc(=O)n1[C@@H]1O[C@H](COC(=O)CCCCC(=O)Nc2ccccc2)[C@@H](O)C1(F)F. The normalized spacial score (nSPS) is 19.4. The summed E-state index contributed by atoms with van der Waals surface area (Å²) in [7, 11) is 0. The van der Waals surface area contributed by atoms with Gasteiger partial charge < -0.3 is 24.6 Å². The number of carbonyl (C=O) groups is 3. The Morgan fingerprint density at radius 1 is 1.05 bits per heavy atom. The number of amides is 2. The summed E-state index contributed by atoms with van der Waals surface area (Å²) in [4.78, 5) is 52.1. The maximum absolute atomic E-state index is 15.0. The maximum atomic E-state index is 15.0. The molecule has 224 valence electrons. The highest BCUT2D eigenvalue weighted by atomic mass is 19.3. The van der Waals surface area contributed by atoms with Crippen LogP contribution in [0.1, 0.15) is 58.1 Å². The predicted octanol–water partition coefficient (Wildman–Crippen LogP) is 3.62. The van der Waals surface area contributed by atoms with Crippen molar-refractivity contribution in [3.63, 3.8) is 0 Å². The number of alkyl halides is 2. The predicted molar refractivity (Wildman–Crippen MR) is 142 cm³/mol. The number of nitrogens with zero attached hydrogens (tertiary/aromatic N) is 2. The molecule has 0 aliphatic carbocycles. The molecule has 3 atom stereocenters. The molecule has 1 aromatic carbocycles. The number of benzene rings is 1. The van der Waals surface area contributed by atoms with Gasteiger partial charge in [-0.15, -0.1) is 0 Å². The molecule has 0 bridgehead atoms. The molecular weight excluding hydrogens is 546 g/mol. The second-order valence-electron chi connectivity index (χ2n) is 9.40. The summed E-state index contributed by atoms with van der Waals surface area (Å²) in [6.45, 7) is 1.35. The van der Waals surface area contributed by atoms with Crippen LogP contribution in [0.3, 0.4) is 0 Å². The molecule has 3 N–H and O–H groups in total. The summed E-state index contributed by atoms with van der Waals surface area (Å²) < 4.78 is 45.8. The summed E-state index contributed by atoms with van der Waals surface area (Å²) in [5.41, 5.74) is -0.513. The van der Waals surface area contributed by atoms with Crippen LogP contribution >= 0.6 is 0 Å². The minimum absolute atomic E-state index is 0.0856. The Balaban J connectivity index is 1.51. The Hall–Kier alpha value is -3.91. The van der Waals surface area contributed by atoms with Crippen LogP contribution in [0.2, 0.25) is 0 Å². The Bertz CT molecular complexity index is 1230. The van der Waals surface area contributed by atoms with E-state index in [0.717, 1.165) is 25.1 Å². The summed E-state index contributed by atoms with van der Waals surface area (Å²) >= 11 is 0. The average Bonchev–Trinajstić information content (AvgIpc) is 3.16. The highest BCUT2D eigenvalue weighted by molar-refractivity contribution is 5.90. The van der Waals surface area contributed by atoms with Crippen LogP contribution in [0, 0.1) is 0 Å².